The fourth-order valence-electron chi connectivity index (χ4n) is 6.23. The van der Waals surface area contributed by atoms with E-state index in [4.69, 9.17) is 9.47 Å². The molecule has 1 aromatic heterocycles. The van der Waals surface area contributed by atoms with Gasteiger partial charge in [0.2, 0.25) is 0 Å². The van der Waals surface area contributed by atoms with Crippen LogP contribution in [0.4, 0.5) is 0 Å². The zero-order chi connectivity index (χ0) is 30.9. The second-order valence-corrected chi connectivity index (χ2v) is 12.0. The summed E-state index contributed by atoms with van der Waals surface area (Å²) in [4.78, 5) is 22.2. The number of phenols is 2. The van der Waals surface area contributed by atoms with Crippen LogP contribution in [0.3, 0.4) is 0 Å². The number of rotatable bonds is 15. The first-order valence-electron chi connectivity index (χ1n) is 15.5. The molecule has 0 amide bonds. The quantitative estimate of drug-likeness (QED) is 0.186. The van der Waals surface area contributed by atoms with Crippen molar-refractivity contribution in [2.24, 2.45) is 16.8 Å². The van der Waals surface area contributed by atoms with E-state index in [-0.39, 0.29) is 35.7 Å². The molecule has 3 unspecified atom stereocenters. The van der Waals surface area contributed by atoms with Gasteiger partial charge in [0, 0.05) is 18.8 Å². The summed E-state index contributed by atoms with van der Waals surface area (Å²) in [6.45, 7) is 1.71. The summed E-state index contributed by atoms with van der Waals surface area (Å²) >= 11 is 0. The smallest absolute Gasteiger partial charge is 0.176 e. The molecule has 0 radical (unpaired) electrons. The molecule has 0 bridgehead atoms. The summed E-state index contributed by atoms with van der Waals surface area (Å²) in [5, 5.41) is 32.2. The van der Waals surface area contributed by atoms with Crippen LogP contribution in [0.5, 0.6) is 23.0 Å². The first-order valence-corrected chi connectivity index (χ1v) is 15.5. The predicted octanol–water partition coefficient (Wildman–Crippen LogP) is 5.92. The van der Waals surface area contributed by atoms with Crippen molar-refractivity contribution in [2.45, 2.75) is 76.4 Å². The Kier molecular flexibility index (Phi) is 10.7. The molecule has 2 heterocycles. The number of ketones is 1. The molecule has 0 saturated heterocycles. The van der Waals surface area contributed by atoms with E-state index in [1.165, 1.54) is 13.5 Å². The van der Waals surface area contributed by atoms with Gasteiger partial charge in [0.15, 0.2) is 29.2 Å². The number of aliphatic hydroxyl groups is 1. The molecule has 44 heavy (non-hydrogen) atoms. The van der Waals surface area contributed by atoms with Gasteiger partial charge in [0.05, 0.1) is 25.4 Å². The van der Waals surface area contributed by atoms with Gasteiger partial charge in [0.1, 0.15) is 17.9 Å². The van der Waals surface area contributed by atoms with Gasteiger partial charge in [0.25, 0.3) is 0 Å². The van der Waals surface area contributed by atoms with E-state index in [9.17, 15) is 20.1 Å². The maximum absolute atomic E-state index is 13.9. The minimum absolute atomic E-state index is 0.00363. The largest absolute Gasteiger partial charge is 0.670 e. The van der Waals surface area contributed by atoms with E-state index >= 15 is 0 Å². The summed E-state index contributed by atoms with van der Waals surface area (Å²) in [6, 6.07) is 12.4. The summed E-state index contributed by atoms with van der Waals surface area (Å²) < 4.78 is 11.5. The number of allylic oxidation sites excluding steroid dienone is 1. The molecule has 5 rings (SSSR count). The van der Waals surface area contributed by atoms with E-state index in [1.54, 1.807) is 49.4 Å². The molecule has 3 atom stereocenters. The van der Waals surface area contributed by atoms with Crippen LogP contribution in [0.25, 0.3) is 0 Å². The number of phenolic OH excluding ortho intramolecular Hbond substituents is 2. The lowest BCUT2D eigenvalue weighted by molar-refractivity contribution is -0.125. The van der Waals surface area contributed by atoms with Gasteiger partial charge in [-0.05, 0) is 86.3 Å². The topological polar surface area (TPSA) is 123 Å². The molecular weight excluding hydrogens is 556 g/mol. The number of carbonyl (C=O) groups excluding carboxylic acids is 1. The van der Waals surface area contributed by atoms with Crippen LogP contribution in [0.2, 0.25) is 0 Å². The molecule has 232 valence electrons. The lowest BCUT2D eigenvalue weighted by Gasteiger charge is -2.26. The molecule has 1 aliphatic heterocycles. The second-order valence-electron chi connectivity index (χ2n) is 12.0. The number of Topliss-reactive ketones (excluding diaryl/α,β-unsaturated/α-hetero) is 1. The van der Waals surface area contributed by atoms with Crippen molar-refractivity contribution in [3.05, 3.63) is 89.7 Å². The fourth-order valence-corrected chi connectivity index (χ4v) is 6.23. The molecule has 8 nitrogen and oxygen atoms in total. The van der Waals surface area contributed by atoms with Gasteiger partial charge in [-0.15, -0.1) is 4.99 Å². The third-order valence-electron chi connectivity index (χ3n) is 8.71. The Balaban J connectivity index is 1.32. The Labute approximate surface area is 259 Å². The summed E-state index contributed by atoms with van der Waals surface area (Å²) in [6.07, 6.45) is 13.8. The van der Waals surface area contributed by atoms with Crippen LogP contribution in [-0.4, -0.2) is 46.6 Å². The van der Waals surface area contributed by atoms with Crippen molar-refractivity contribution in [2.75, 3.05) is 7.11 Å². The molecule has 0 spiro atoms. The van der Waals surface area contributed by atoms with E-state index in [0.29, 0.717) is 37.2 Å². The highest BCUT2D eigenvalue weighted by Crippen LogP contribution is 2.34. The molecule has 2 aromatic carbocycles. The number of aromatic hydroxyl groups is 2. The highest BCUT2D eigenvalue weighted by Gasteiger charge is 2.30. The number of benzene rings is 2. The van der Waals surface area contributed by atoms with Crippen LogP contribution in [0, 0.1) is 18.4 Å². The lowest BCUT2D eigenvalue weighted by atomic mass is 9.82. The Bertz CT molecular complexity index is 1440. The van der Waals surface area contributed by atoms with Crippen LogP contribution in [0.1, 0.15) is 61.6 Å². The fraction of sp³-hybridized carbons (Fsp3) is 0.417. The van der Waals surface area contributed by atoms with Crippen LogP contribution in [0.15, 0.2) is 71.5 Å². The van der Waals surface area contributed by atoms with Gasteiger partial charge in [-0.25, -0.2) is 0 Å². The first-order chi connectivity index (χ1) is 21.4. The SMILES string of the molecule is COc1cc(CC(CC2=C[CH+]N=C2)C(=O)CC(O)C(Cc2cc[n-]c2)Cc2ccc(O)c(OC3CCCCC3)c2)ccc1O. The number of nitrogens with zero attached hydrogens (tertiary/aromatic N) is 2. The lowest BCUT2D eigenvalue weighted by Crippen LogP contribution is -2.30. The Hall–Kier alpha value is -4.17. The first kappa shape index (κ1) is 31.3. The molecule has 3 N–H and O–H groups in total. The third kappa shape index (κ3) is 8.47. The second kappa shape index (κ2) is 15.0. The summed E-state index contributed by atoms with van der Waals surface area (Å²) in [5.41, 5.74) is 3.74. The maximum Gasteiger partial charge on any atom is 0.176 e. The normalized spacial score (nSPS) is 17.0. The average molecular weight is 599 g/mol. The summed E-state index contributed by atoms with van der Waals surface area (Å²) in [7, 11) is 1.50. The average Bonchev–Trinajstić information content (AvgIpc) is 3.74. The Morgan fingerprint density at radius 3 is 2.34 bits per heavy atom. The molecular formula is C36H42N2O6. The predicted molar refractivity (Wildman–Crippen MR) is 169 cm³/mol. The van der Waals surface area contributed by atoms with Crippen molar-refractivity contribution >= 4 is 12.0 Å². The molecule has 1 fully saturated rings. The Morgan fingerprint density at radius 1 is 0.955 bits per heavy atom. The number of hydrogen-bond acceptors (Lipinski definition) is 7. The minimum Gasteiger partial charge on any atom is -0.670 e. The molecule has 1 aliphatic carbocycles. The van der Waals surface area contributed by atoms with E-state index < -0.39 is 12.0 Å². The van der Waals surface area contributed by atoms with E-state index in [1.807, 2.05) is 24.3 Å². The number of aromatic nitrogens is 1. The van der Waals surface area contributed by atoms with Crippen molar-refractivity contribution in [1.29, 1.82) is 0 Å². The van der Waals surface area contributed by atoms with Gasteiger partial charge < -0.3 is 29.8 Å². The number of ether oxygens (including phenoxy) is 2. The van der Waals surface area contributed by atoms with Crippen molar-refractivity contribution in [3.63, 3.8) is 0 Å². The Morgan fingerprint density at radius 2 is 1.66 bits per heavy atom. The number of methoxy groups -OCH3 is 1. The molecule has 3 aromatic rings. The number of carbonyl (C=O) groups is 1. The van der Waals surface area contributed by atoms with Gasteiger partial charge in [-0.1, -0.05) is 30.2 Å². The van der Waals surface area contributed by atoms with Crippen molar-refractivity contribution in [1.82, 2.24) is 4.98 Å². The van der Waals surface area contributed by atoms with Crippen LogP contribution in [-0.2, 0) is 24.1 Å². The highest BCUT2D eigenvalue weighted by atomic mass is 16.5. The molecule has 2 aliphatic rings. The highest BCUT2D eigenvalue weighted by molar-refractivity contribution is 5.86. The van der Waals surface area contributed by atoms with Gasteiger partial charge in [-0.2, -0.15) is 12.4 Å². The molecule has 8 heteroatoms. The van der Waals surface area contributed by atoms with Crippen LogP contribution < -0.4 is 14.5 Å². The maximum atomic E-state index is 13.9. The standard InChI is InChI=1S/C36H42N2O6/c1-43-35-19-24(7-9-31(35)39)15-28(17-26-11-13-37-22-26)33(41)21-34(42)29(18-27-12-14-38-23-27)16-25-8-10-32(40)36(20-25)44-30-5-3-2-4-6-30/h7-14,19-20,22-23,28-30,34,39-40,42H,2-6,15-18,21H2,1H3. The van der Waals surface area contributed by atoms with Crippen molar-refractivity contribution < 1.29 is 29.6 Å². The van der Waals surface area contributed by atoms with Crippen molar-refractivity contribution in [3.8, 4) is 23.0 Å². The van der Waals surface area contributed by atoms with E-state index in [2.05, 4.69) is 9.98 Å². The zero-order valence-electron chi connectivity index (χ0n) is 25.3. The third-order valence-corrected chi connectivity index (χ3v) is 8.71. The minimum atomic E-state index is -0.899. The number of aliphatic hydroxyl groups excluding tert-OH is 1. The monoisotopic (exact) mass is 598 g/mol. The van der Waals surface area contributed by atoms with Gasteiger partial charge in [-0.3, -0.25) is 4.79 Å². The van der Waals surface area contributed by atoms with Crippen LogP contribution >= 0.6 is 0 Å². The zero-order valence-corrected chi connectivity index (χ0v) is 25.3. The van der Waals surface area contributed by atoms with Gasteiger partial charge >= 0.3 is 0 Å². The molecule has 1 saturated carbocycles. The number of aliphatic imine (C=N–C) groups is 1. The van der Waals surface area contributed by atoms with E-state index in [0.717, 1.165) is 47.9 Å². The number of hydrogen-bond donors (Lipinski definition) is 3. The summed E-state index contributed by atoms with van der Waals surface area (Å²) in [5.74, 6) is 0.292.